The third kappa shape index (κ3) is 4.50. The van der Waals surface area contributed by atoms with Gasteiger partial charge in [0.15, 0.2) is 5.76 Å². The molecule has 0 spiro atoms. The van der Waals surface area contributed by atoms with Gasteiger partial charge >= 0.3 is 0 Å². The molecule has 6 nitrogen and oxygen atoms in total. The number of aliphatic hydroxyl groups excluding tert-OH is 1. The first-order chi connectivity index (χ1) is 15.9. The maximum Gasteiger partial charge on any atom is 0.290 e. The number of thiophene rings is 1. The summed E-state index contributed by atoms with van der Waals surface area (Å²) in [5.41, 5.74) is 1.56. The predicted octanol–water partition coefficient (Wildman–Crippen LogP) is 5.32. The van der Waals surface area contributed by atoms with Gasteiger partial charge in [-0.15, -0.1) is 11.3 Å². The maximum atomic E-state index is 13.3. The Morgan fingerprint density at radius 1 is 1.09 bits per heavy atom. The number of amides is 1. The first-order valence-corrected chi connectivity index (χ1v) is 11.5. The van der Waals surface area contributed by atoms with Gasteiger partial charge in [0.1, 0.15) is 11.5 Å². The fraction of sp³-hybridized carbons (Fsp3) is 0.231. The summed E-state index contributed by atoms with van der Waals surface area (Å²) in [4.78, 5) is 28.5. The van der Waals surface area contributed by atoms with Crippen molar-refractivity contribution in [2.75, 3.05) is 7.11 Å². The van der Waals surface area contributed by atoms with Crippen LogP contribution in [0.2, 0.25) is 0 Å². The maximum absolute atomic E-state index is 13.3. The Kier molecular flexibility index (Phi) is 6.51. The predicted molar refractivity (Wildman–Crippen MR) is 127 cm³/mol. The summed E-state index contributed by atoms with van der Waals surface area (Å²) in [6, 6.07) is 17.4. The number of ketones is 1. The van der Waals surface area contributed by atoms with Crippen molar-refractivity contribution in [2.24, 2.45) is 0 Å². The van der Waals surface area contributed by atoms with Gasteiger partial charge in [0, 0.05) is 5.56 Å². The van der Waals surface area contributed by atoms with Crippen LogP contribution < -0.4 is 9.47 Å². The summed E-state index contributed by atoms with van der Waals surface area (Å²) in [6.45, 7) is 4.05. The number of carbonyl (C=O) groups is 2. The Hall–Kier alpha value is -3.58. The molecule has 0 radical (unpaired) electrons. The molecule has 170 valence electrons. The highest BCUT2D eigenvalue weighted by molar-refractivity contribution is 7.12. The van der Waals surface area contributed by atoms with Gasteiger partial charge in [0.25, 0.3) is 5.91 Å². The smallest absolute Gasteiger partial charge is 0.290 e. The number of carbonyl (C=O) groups excluding carboxylic acids is 2. The van der Waals surface area contributed by atoms with E-state index in [2.05, 4.69) is 0 Å². The Morgan fingerprint density at radius 2 is 1.82 bits per heavy atom. The van der Waals surface area contributed by atoms with Crippen LogP contribution in [-0.2, 0) is 11.3 Å². The fourth-order valence-electron chi connectivity index (χ4n) is 3.95. The number of nitrogens with zero attached hydrogens (tertiary/aromatic N) is 1. The van der Waals surface area contributed by atoms with E-state index in [1.54, 1.807) is 24.6 Å². The molecular weight excluding hydrogens is 438 g/mol. The van der Waals surface area contributed by atoms with E-state index in [0.29, 0.717) is 21.9 Å². The number of methoxy groups -OCH3 is 1. The van der Waals surface area contributed by atoms with Gasteiger partial charge in [-0.3, -0.25) is 9.59 Å². The lowest BCUT2D eigenvalue weighted by atomic mass is 9.95. The lowest BCUT2D eigenvalue weighted by molar-refractivity contribution is -0.130. The zero-order chi connectivity index (χ0) is 23.5. The molecule has 0 aliphatic carbocycles. The van der Waals surface area contributed by atoms with Crippen molar-refractivity contribution in [3.63, 3.8) is 0 Å². The summed E-state index contributed by atoms with van der Waals surface area (Å²) >= 11 is 1.27. The second-order valence-corrected chi connectivity index (χ2v) is 8.90. The molecule has 2 aromatic carbocycles. The van der Waals surface area contributed by atoms with Gasteiger partial charge in [-0.05, 0) is 49.1 Å². The molecule has 1 aromatic heterocycles. The average molecular weight is 464 g/mol. The molecule has 0 saturated heterocycles. The number of benzene rings is 2. The van der Waals surface area contributed by atoms with Gasteiger partial charge < -0.3 is 19.5 Å². The minimum atomic E-state index is -0.745. The average Bonchev–Trinajstić information content (AvgIpc) is 3.43. The second kappa shape index (κ2) is 9.50. The molecule has 4 rings (SSSR count). The van der Waals surface area contributed by atoms with E-state index >= 15 is 0 Å². The first-order valence-electron chi connectivity index (χ1n) is 10.6. The van der Waals surface area contributed by atoms with E-state index < -0.39 is 17.7 Å². The van der Waals surface area contributed by atoms with Crippen molar-refractivity contribution < 1.29 is 24.2 Å². The summed E-state index contributed by atoms with van der Waals surface area (Å²) in [5, 5.41) is 12.6. The molecular formula is C26H25NO5S. The van der Waals surface area contributed by atoms with Crippen LogP contribution in [0.15, 0.2) is 77.4 Å². The molecule has 1 aliphatic rings. The Morgan fingerprint density at radius 3 is 2.45 bits per heavy atom. The van der Waals surface area contributed by atoms with Crippen molar-refractivity contribution in [2.45, 2.75) is 32.5 Å². The monoisotopic (exact) mass is 463 g/mol. The molecule has 3 aromatic rings. The first kappa shape index (κ1) is 22.6. The van der Waals surface area contributed by atoms with Gasteiger partial charge in [-0.25, -0.2) is 0 Å². The molecule has 0 fully saturated rings. The van der Waals surface area contributed by atoms with Crippen LogP contribution in [0.4, 0.5) is 0 Å². The van der Waals surface area contributed by atoms with Crippen LogP contribution in [0.5, 0.6) is 11.5 Å². The normalized spacial score (nSPS) is 15.9. The van der Waals surface area contributed by atoms with E-state index in [-0.39, 0.29) is 24.0 Å². The second-order valence-electron chi connectivity index (χ2n) is 7.95. The zero-order valence-electron chi connectivity index (χ0n) is 18.6. The molecule has 1 unspecified atom stereocenters. The van der Waals surface area contributed by atoms with Crippen LogP contribution in [0.25, 0.3) is 0 Å². The number of Topliss-reactive ketones (excluding diaryl/α,β-unsaturated/α-hetero) is 1. The number of aliphatic hydroxyl groups is 1. The van der Waals surface area contributed by atoms with Gasteiger partial charge in [-0.1, -0.05) is 36.4 Å². The molecule has 0 saturated carbocycles. The molecule has 1 N–H and O–H groups in total. The minimum absolute atomic E-state index is 0.0193. The SMILES string of the molecule is COc1ccccc1CN1C(=O)C(O)=C(C(=O)c2cccs2)C1c1ccc(OC(C)C)cc1. The number of ether oxygens (including phenoxy) is 2. The van der Waals surface area contributed by atoms with Crippen LogP contribution in [0.1, 0.15) is 40.7 Å². The van der Waals surface area contributed by atoms with E-state index in [4.69, 9.17) is 9.47 Å². The van der Waals surface area contributed by atoms with Crippen LogP contribution >= 0.6 is 11.3 Å². The quantitative estimate of drug-likeness (QED) is 0.458. The highest BCUT2D eigenvalue weighted by Gasteiger charge is 2.44. The minimum Gasteiger partial charge on any atom is -0.503 e. The Bertz CT molecular complexity index is 1180. The lowest BCUT2D eigenvalue weighted by Gasteiger charge is -2.27. The fourth-order valence-corrected chi connectivity index (χ4v) is 4.63. The van der Waals surface area contributed by atoms with Crippen molar-refractivity contribution >= 4 is 23.0 Å². The summed E-state index contributed by atoms with van der Waals surface area (Å²) in [7, 11) is 1.57. The highest BCUT2D eigenvalue weighted by Crippen LogP contribution is 2.41. The molecule has 2 heterocycles. The molecule has 1 atom stereocenters. The summed E-state index contributed by atoms with van der Waals surface area (Å²) in [6.07, 6.45) is 0.0193. The van der Waals surface area contributed by atoms with Crippen LogP contribution in [0.3, 0.4) is 0 Å². The Balaban J connectivity index is 1.77. The van der Waals surface area contributed by atoms with Crippen LogP contribution in [0, 0.1) is 0 Å². The van der Waals surface area contributed by atoms with E-state index in [1.165, 1.54) is 16.2 Å². The van der Waals surface area contributed by atoms with Crippen molar-refractivity contribution in [3.8, 4) is 11.5 Å². The molecule has 0 bridgehead atoms. The summed E-state index contributed by atoms with van der Waals surface area (Å²) in [5.74, 6) is -0.147. The largest absolute Gasteiger partial charge is 0.503 e. The third-order valence-corrected chi connectivity index (χ3v) is 6.26. The molecule has 1 aliphatic heterocycles. The number of hydrogen-bond acceptors (Lipinski definition) is 6. The van der Waals surface area contributed by atoms with Gasteiger partial charge in [0.05, 0.1) is 36.3 Å². The van der Waals surface area contributed by atoms with E-state index in [9.17, 15) is 14.7 Å². The van der Waals surface area contributed by atoms with E-state index in [1.807, 2.05) is 62.4 Å². The standard InChI is InChI=1S/C26H25NO5S/c1-16(2)32-19-12-10-17(11-13-19)23-22(24(28)21-9-6-14-33-21)25(29)26(30)27(23)15-18-7-4-5-8-20(18)31-3/h4-14,16,23,29H,15H2,1-3H3. The van der Waals surface area contributed by atoms with Crippen LogP contribution in [-0.4, -0.2) is 34.9 Å². The lowest BCUT2D eigenvalue weighted by Crippen LogP contribution is -2.30. The number of para-hydroxylation sites is 1. The topological polar surface area (TPSA) is 76.1 Å². The van der Waals surface area contributed by atoms with Crippen molar-refractivity contribution in [3.05, 3.63) is 93.4 Å². The van der Waals surface area contributed by atoms with E-state index in [0.717, 1.165) is 5.56 Å². The molecule has 33 heavy (non-hydrogen) atoms. The van der Waals surface area contributed by atoms with Gasteiger partial charge in [-0.2, -0.15) is 0 Å². The molecule has 1 amide bonds. The number of rotatable bonds is 8. The van der Waals surface area contributed by atoms with Crippen molar-refractivity contribution in [1.82, 2.24) is 4.90 Å². The van der Waals surface area contributed by atoms with Gasteiger partial charge in [0.2, 0.25) is 5.78 Å². The highest BCUT2D eigenvalue weighted by atomic mass is 32.1. The zero-order valence-corrected chi connectivity index (χ0v) is 19.5. The third-order valence-electron chi connectivity index (χ3n) is 5.39. The summed E-state index contributed by atoms with van der Waals surface area (Å²) < 4.78 is 11.2. The molecule has 7 heteroatoms. The number of hydrogen-bond donors (Lipinski definition) is 1. The van der Waals surface area contributed by atoms with Crippen molar-refractivity contribution in [1.29, 1.82) is 0 Å². The Labute approximate surface area is 196 Å².